The normalized spacial score (nSPS) is 40.0. The summed E-state index contributed by atoms with van der Waals surface area (Å²) in [7, 11) is 0. The van der Waals surface area contributed by atoms with Crippen molar-refractivity contribution < 1.29 is 19.7 Å². The van der Waals surface area contributed by atoms with E-state index in [1.165, 1.54) is 51.4 Å². The molecule has 3 saturated carbocycles. The zero-order chi connectivity index (χ0) is 35.9. The van der Waals surface area contributed by atoms with Gasteiger partial charge in [-0.2, -0.15) is 0 Å². The molecule has 9 atom stereocenters. The molecule has 47 heavy (non-hydrogen) atoms. The number of rotatable bonds is 13. The number of allylic oxidation sites excluding steroid dienone is 1. The molecule has 0 aliphatic heterocycles. The summed E-state index contributed by atoms with van der Waals surface area (Å²) in [5, 5.41) is 19.2. The van der Waals surface area contributed by atoms with Crippen molar-refractivity contribution in [2.75, 3.05) is 13.2 Å². The van der Waals surface area contributed by atoms with Gasteiger partial charge in [-0.25, -0.2) is 0 Å². The van der Waals surface area contributed by atoms with Crippen LogP contribution in [0.15, 0.2) is 11.6 Å². The minimum absolute atomic E-state index is 0.175. The van der Waals surface area contributed by atoms with Crippen LogP contribution in [0, 0.1) is 22.7 Å². The van der Waals surface area contributed by atoms with Crippen molar-refractivity contribution in [2.45, 2.75) is 190 Å². The Morgan fingerprint density at radius 1 is 0.872 bits per heavy atom. The summed E-state index contributed by atoms with van der Waals surface area (Å²) < 4.78 is 14.1. The monoisotopic (exact) mass is 1110 g/mol. The minimum Gasteiger partial charge on any atom is -0.394 e. The first-order valence-corrected chi connectivity index (χ1v) is 22.9. The number of aliphatic hydroxyl groups is 2. The summed E-state index contributed by atoms with van der Waals surface area (Å²) in [5.74, 6) is 1.54. The summed E-state index contributed by atoms with van der Waals surface area (Å²) >= 11 is 12.0. The fourth-order valence-corrected chi connectivity index (χ4v) is 17.5. The van der Waals surface area contributed by atoms with E-state index in [1.54, 1.807) is 5.57 Å². The van der Waals surface area contributed by atoms with Gasteiger partial charge in [0.05, 0.1) is 40.0 Å². The number of ether oxygens (including phenoxy) is 2. The summed E-state index contributed by atoms with van der Waals surface area (Å²) in [5.41, 5.74) is 1.18. The van der Waals surface area contributed by atoms with Crippen molar-refractivity contribution in [3.8, 4) is 0 Å². The molecule has 276 valence electrons. The molecule has 0 aromatic heterocycles. The molecule has 4 rings (SSSR count). The fraction of sp³-hybridized carbons (Fsp3) is 0.949. The molecule has 0 aromatic carbocycles. The number of fused-ring (bicyclic) bond motifs is 5. The lowest BCUT2D eigenvalue weighted by atomic mass is 9.46. The fourth-order valence-electron chi connectivity index (χ4n) is 9.95. The van der Waals surface area contributed by atoms with Crippen LogP contribution in [-0.2, 0) is 9.47 Å². The largest absolute Gasteiger partial charge is 0.394 e. The number of aliphatic hydroxyl groups excluding tert-OH is 2. The molecule has 0 saturated heterocycles. The van der Waals surface area contributed by atoms with Crippen LogP contribution in [0.3, 0.4) is 0 Å². The molecule has 4 aliphatic rings. The van der Waals surface area contributed by atoms with Crippen LogP contribution in [0.25, 0.3) is 0 Å². The highest BCUT2D eigenvalue weighted by molar-refractivity contribution is 14.1. The van der Waals surface area contributed by atoms with Gasteiger partial charge in [0.15, 0.2) is 0 Å². The molecule has 4 aliphatic carbocycles. The lowest BCUT2D eigenvalue weighted by Gasteiger charge is -2.71. The van der Waals surface area contributed by atoms with E-state index in [2.05, 4.69) is 145 Å². The van der Waals surface area contributed by atoms with Gasteiger partial charge < -0.3 is 19.7 Å². The first-order valence-electron chi connectivity index (χ1n) is 18.6. The standard InChI is InChI=1S/C37H62I4O4.C2H6/c1-25(2)11-10-12-26(3)34(38)18-20-36(40)33(34,9)17-19-35(39)32(8)15-14-29(21-27(32)13-16-37(35,36)41)45-31(6,7)24-44-30(4,5)22-28(43)23-42;1-2/h13,25-26,28-29,42-43H,10-12,14-24H2,1-9H3;1-2H3/t26-,28?,29?,32?,33?,34+,35+,36+,37?;/m1./s1. The van der Waals surface area contributed by atoms with E-state index in [9.17, 15) is 10.2 Å². The van der Waals surface area contributed by atoms with Crippen molar-refractivity contribution in [2.24, 2.45) is 22.7 Å². The topological polar surface area (TPSA) is 58.9 Å². The molecule has 2 N–H and O–H groups in total. The lowest BCUT2D eigenvalue weighted by molar-refractivity contribution is -0.158. The molecule has 0 radical (unpaired) electrons. The van der Waals surface area contributed by atoms with Crippen molar-refractivity contribution in [1.82, 2.24) is 0 Å². The van der Waals surface area contributed by atoms with E-state index in [0.717, 1.165) is 31.1 Å². The minimum atomic E-state index is -0.765. The third-order valence-corrected chi connectivity index (χ3v) is 25.4. The average molecular weight is 1110 g/mol. The molecule has 0 spiro atoms. The quantitative estimate of drug-likeness (QED) is 0.110. The Balaban J connectivity index is 0.00000294. The van der Waals surface area contributed by atoms with Crippen molar-refractivity contribution in [3.05, 3.63) is 11.6 Å². The second-order valence-electron chi connectivity index (χ2n) is 17.4. The summed E-state index contributed by atoms with van der Waals surface area (Å²) in [6, 6.07) is 0. The Morgan fingerprint density at radius 2 is 1.49 bits per heavy atom. The lowest BCUT2D eigenvalue weighted by Crippen LogP contribution is -2.74. The number of alkyl halides is 4. The van der Waals surface area contributed by atoms with Gasteiger partial charge in [0, 0.05) is 22.1 Å². The van der Waals surface area contributed by atoms with Gasteiger partial charge in [0.1, 0.15) is 0 Å². The summed E-state index contributed by atoms with van der Waals surface area (Å²) in [4.78, 5) is 0. The van der Waals surface area contributed by atoms with Crippen LogP contribution in [-0.4, -0.2) is 60.5 Å². The molecule has 4 nitrogen and oxygen atoms in total. The first-order chi connectivity index (χ1) is 21.6. The van der Waals surface area contributed by atoms with Gasteiger partial charge in [-0.15, -0.1) is 0 Å². The molecule has 5 unspecified atom stereocenters. The molecule has 0 amide bonds. The second kappa shape index (κ2) is 16.1. The number of halogens is 4. The van der Waals surface area contributed by atoms with E-state index < -0.39 is 17.3 Å². The van der Waals surface area contributed by atoms with Crippen molar-refractivity contribution in [1.29, 1.82) is 0 Å². The Hall–Kier alpha value is 2.50. The van der Waals surface area contributed by atoms with Gasteiger partial charge in [-0.05, 0) is 103 Å². The van der Waals surface area contributed by atoms with E-state index in [4.69, 9.17) is 9.47 Å². The Labute approximate surface area is 344 Å². The molecule has 3 fully saturated rings. The van der Waals surface area contributed by atoms with Gasteiger partial charge in [-0.1, -0.05) is 163 Å². The molecule has 0 bridgehead atoms. The van der Waals surface area contributed by atoms with Crippen LogP contribution in [0.4, 0.5) is 0 Å². The van der Waals surface area contributed by atoms with E-state index in [0.29, 0.717) is 21.9 Å². The SMILES string of the molecule is CC.CC(C)CCC[C@@H](C)[C@@]1(I)CC[C@@]2(I)C3(I)CC=C4CC(OC(C)(C)COC(C)(C)CC(O)CO)CCC4(C)[C@@]3(I)CCC21C. The molecular formula is C39H68I4O4. The van der Waals surface area contributed by atoms with Crippen LogP contribution < -0.4 is 0 Å². The zero-order valence-electron chi connectivity index (χ0n) is 31.5. The zero-order valence-corrected chi connectivity index (χ0v) is 40.1. The summed E-state index contributed by atoms with van der Waals surface area (Å²) in [6.07, 6.45) is 16.3. The van der Waals surface area contributed by atoms with Crippen molar-refractivity contribution in [3.63, 3.8) is 0 Å². The third kappa shape index (κ3) is 8.00. The number of hydrogen-bond donors (Lipinski definition) is 2. The van der Waals surface area contributed by atoms with E-state index in [1.807, 2.05) is 27.7 Å². The van der Waals surface area contributed by atoms with Crippen molar-refractivity contribution >= 4 is 90.4 Å². The van der Waals surface area contributed by atoms with Gasteiger partial charge >= 0.3 is 0 Å². The maximum Gasteiger partial charge on any atom is 0.0863 e. The predicted octanol–water partition coefficient (Wildman–Crippen LogP) is 12.0. The molecule has 0 aromatic rings. The molecular weight excluding hydrogens is 1040 g/mol. The highest BCUT2D eigenvalue weighted by Crippen LogP contribution is 2.81. The Morgan fingerprint density at radius 3 is 2.09 bits per heavy atom. The second-order valence-corrected chi connectivity index (χ2v) is 24.9. The Kier molecular flexibility index (Phi) is 15.0. The smallest absolute Gasteiger partial charge is 0.0863 e. The number of hydrogen-bond acceptors (Lipinski definition) is 4. The predicted molar refractivity (Wildman–Crippen MR) is 234 cm³/mol. The average Bonchev–Trinajstić information content (AvgIpc) is 3.22. The van der Waals surface area contributed by atoms with Crippen LogP contribution in [0.1, 0.15) is 153 Å². The maximum absolute atomic E-state index is 9.95. The van der Waals surface area contributed by atoms with Gasteiger partial charge in [0.25, 0.3) is 0 Å². The summed E-state index contributed by atoms with van der Waals surface area (Å²) in [6.45, 7) is 25.1. The van der Waals surface area contributed by atoms with Gasteiger partial charge in [-0.3, -0.25) is 0 Å². The first kappa shape index (κ1) is 43.9. The van der Waals surface area contributed by atoms with Crippen LogP contribution >= 0.6 is 90.4 Å². The van der Waals surface area contributed by atoms with Crippen LogP contribution in [0.2, 0.25) is 0 Å². The Bertz CT molecular complexity index is 1100. The highest BCUT2D eigenvalue weighted by atomic mass is 127. The van der Waals surface area contributed by atoms with E-state index in [-0.39, 0.29) is 28.4 Å². The molecule has 8 heteroatoms. The van der Waals surface area contributed by atoms with E-state index >= 15 is 0 Å². The third-order valence-electron chi connectivity index (χ3n) is 12.9. The maximum atomic E-state index is 9.95. The van der Waals surface area contributed by atoms with Gasteiger partial charge in [0.2, 0.25) is 0 Å². The molecule has 0 heterocycles. The van der Waals surface area contributed by atoms with Crippen LogP contribution in [0.5, 0.6) is 0 Å². The highest BCUT2D eigenvalue weighted by Gasteiger charge is 2.79.